The van der Waals surface area contributed by atoms with E-state index < -0.39 is 0 Å². The molecule has 1 atom stereocenters. The van der Waals surface area contributed by atoms with Gasteiger partial charge in [-0.3, -0.25) is 15.0 Å². The highest BCUT2D eigenvalue weighted by Crippen LogP contribution is 2.31. The quantitative estimate of drug-likeness (QED) is 0.917. The van der Waals surface area contributed by atoms with E-state index in [-0.39, 0.29) is 17.4 Å². The first-order chi connectivity index (χ1) is 10.9. The van der Waals surface area contributed by atoms with Crippen molar-refractivity contribution >= 4 is 22.4 Å². The van der Waals surface area contributed by atoms with Gasteiger partial charge in [-0.05, 0) is 32.2 Å². The van der Waals surface area contributed by atoms with Crippen LogP contribution in [0.3, 0.4) is 0 Å². The van der Waals surface area contributed by atoms with Gasteiger partial charge in [0.1, 0.15) is 5.01 Å². The van der Waals surface area contributed by atoms with Crippen LogP contribution >= 0.6 is 11.3 Å². The lowest BCUT2D eigenvalue weighted by Gasteiger charge is -2.38. The van der Waals surface area contributed by atoms with Gasteiger partial charge in [0.25, 0.3) is 0 Å². The summed E-state index contributed by atoms with van der Waals surface area (Å²) in [4.78, 5) is 15.2. The molecule has 2 fully saturated rings. The Morgan fingerprint density at radius 1 is 1.13 bits per heavy atom. The van der Waals surface area contributed by atoms with E-state index in [1.54, 1.807) is 0 Å². The molecule has 0 aromatic carbocycles. The molecular weight excluding hydrogens is 308 g/mol. The molecule has 1 saturated carbocycles. The summed E-state index contributed by atoms with van der Waals surface area (Å²) in [5.41, 5.74) is -0.0264. The lowest BCUT2D eigenvalue weighted by molar-refractivity contribution is -0.123. The van der Waals surface area contributed by atoms with Gasteiger partial charge in [-0.2, -0.15) is 0 Å². The van der Waals surface area contributed by atoms with Gasteiger partial charge in [-0.25, -0.2) is 0 Å². The van der Waals surface area contributed by atoms with Crippen LogP contribution in [0.15, 0.2) is 0 Å². The number of carbonyl (C=O) groups excluding carboxylic acids is 1. The molecule has 5 nitrogen and oxygen atoms in total. The van der Waals surface area contributed by atoms with Crippen LogP contribution in [0.2, 0.25) is 0 Å². The number of likely N-dealkylation sites (tertiary alicyclic amines) is 1. The SMILES string of the molecule is CC(C)(C)c1nnc(NC(=O)C2CCCCN2C2CCCC2)s1. The number of amides is 1. The van der Waals surface area contributed by atoms with Crippen molar-refractivity contribution in [1.29, 1.82) is 0 Å². The molecule has 1 aromatic rings. The maximum absolute atomic E-state index is 12.8. The summed E-state index contributed by atoms with van der Waals surface area (Å²) in [7, 11) is 0. The molecule has 0 bridgehead atoms. The topological polar surface area (TPSA) is 58.1 Å². The van der Waals surface area contributed by atoms with Crippen LogP contribution in [-0.4, -0.2) is 39.6 Å². The predicted octanol–water partition coefficient (Wildman–Crippen LogP) is 3.57. The van der Waals surface area contributed by atoms with E-state index in [0.29, 0.717) is 11.2 Å². The van der Waals surface area contributed by atoms with Gasteiger partial charge in [0.15, 0.2) is 0 Å². The Labute approximate surface area is 142 Å². The van der Waals surface area contributed by atoms with Crippen LogP contribution in [0.25, 0.3) is 0 Å². The van der Waals surface area contributed by atoms with E-state index in [0.717, 1.165) is 24.4 Å². The molecule has 6 heteroatoms. The normalized spacial score (nSPS) is 24.0. The second-order valence-corrected chi connectivity index (χ2v) is 8.82. The van der Waals surface area contributed by atoms with Crippen LogP contribution in [0, 0.1) is 0 Å². The zero-order chi connectivity index (χ0) is 16.4. The van der Waals surface area contributed by atoms with Crippen molar-refractivity contribution in [2.75, 3.05) is 11.9 Å². The third-order valence-electron chi connectivity index (χ3n) is 4.94. The molecule has 1 unspecified atom stereocenters. The minimum atomic E-state index is -0.0264. The summed E-state index contributed by atoms with van der Waals surface area (Å²) in [6, 6.07) is 0.611. The minimum Gasteiger partial charge on any atom is -0.299 e. The van der Waals surface area contributed by atoms with E-state index in [1.807, 2.05) is 0 Å². The number of nitrogens with zero attached hydrogens (tertiary/aromatic N) is 3. The number of nitrogens with one attached hydrogen (secondary N) is 1. The number of aromatic nitrogens is 2. The van der Waals surface area contributed by atoms with Crippen LogP contribution in [0.4, 0.5) is 5.13 Å². The average Bonchev–Trinajstić information content (AvgIpc) is 3.18. The largest absolute Gasteiger partial charge is 0.299 e. The highest BCUT2D eigenvalue weighted by molar-refractivity contribution is 7.15. The van der Waals surface area contributed by atoms with Crippen molar-refractivity contribution in [2.24, 2.45) is 0 Å². The molecule has 0 spiro atoms. The Bertz CT molecular complexity index is 545. The van der Waals surface area contributed by atoms with Gasteiger partial charge in [0.05, 0.1) is 6.04 Å². The van der Waals surface area contributed by atoms with E-state index in [4.69, 9.17) is 0 Å². The first-order valence-electron chi connectivity index (χ1n) is 8.86. The van der Waals surface area contributed by atoms with E-state index in [1.165, 1.54) is 43.4 Å². The van der Waals surface area contributed by atoms with Crippen molar-refractivity contribution in [3.63, 3.8) is 0 Å². The standard InChI is InChI=1S/C17H28N4OS/c1-17(2,3)15-19-20-16(23-15)18-14(22)13-10-6-7-11-21(13)12-8-4-5-9-12/h12-13H,4-11H2,1-3H3,(H,18,20,22). The Kier molecular flexibility index (Phi) is 5.01. The number of hydrogen-bond donors (Lipinski definition) is 1. The van der Waals surface area contributed by atoms with Gasteiger partial charge < -0.3 is 0 Å². The number of hydrogen-bond acceptors (Lipinski definition) is 5. The maximum atomic E-state index is 12.8. The molecule has 0 radical (unpaired) electrons. The van der Waals surface area contributed by atoms with E-state index in [9.17, 15) is 4.79 Å². The summed E-state index contributed by atoms with van der Waals surface area (Å²) in [5.74, 6) is 0.105. The van der Waals surface area contributed by atoms with Gasteiger partial charge >= 0.3 is 0 Å². The van der Waals surface area contributed by atoms with Gasteiger partial charge in [-0.1, -0.05) is 51.4 Å². The molecule has 1 amide bonds. The molecule has 1 aliphatic carbocycles. The van der Waals surface area contributed by atoms with E-state index >= 15 is 0 Å². The molecule has 2 heterocycles. The lowest BCUT2D eigenvalue weighted by Crippen LogP contribution is -2.51. The zero-order valence-corrected chi connectivity index (χ0v) is 15.3. The molecular formula is C17H28N4OS. The Morgan fingerprint density at radius 2 is 1.83 bits per heavy atom. The van der Waals surface area contributed by atoms with Crippen molar-refractivity contribution in [2.45, 2.75) is 83.2 Å². The molecule has 1 saturated heterocycles. The van der Waals surface area contributed by atoms with Gasteiger partial charge in [0.2, 0.25) is 11.0 Å². The molecule has 2 aliphatic rings. The van der Waals surface area contributed by atoms with Crippen molar-refractivity contribution < 1.29 is 4.79 Å². The second-order valence-electron chi connectivity index (χ2n) is 7.84. The van der Waals surface area contributed by atoms with Crippen molar-refractivity contribution in [3.05, 3.63) is 5.01 Å². The Balaban J connectivity index is 1.67. The van der Waals surface area contributed by atoms with Crippen molar-refractivity contribution in [1.82, 2.24) is 15.1 Å². The van der Waals surface area contributed by atoms with Crippen LogP contribution in [-0.2, 0) is 10.2 Å². The van der Waals surface area contributed by atoms with Crippen LogP contribution < -0.4 is 5.32 Å². The number of rotatable bonds is 3. The first kappa shape index (κ1) is 16.8. The van der Waals surface area contributed by atoms with Gasteiger partial charge in [-0.15, -0.1) is 10.2 Å². The lowest BCUT2D eigenvalue weighted by atomic mass is 9.98. The van der Waals surface area contributed by atoms with Crippen LogP contribution in [0.1, 0.15) is 70.7 Å². The van der Waals surface area contributed by atoms with Crippen LogP contribution in [0.5, 0.6) is 0 Å². The summed E-state index contributed by atoms with van der Waals surface area (Å²) in [6.07, 6.45) is 8.43. The number of anilines is 1. The zero-order valence-electron chi connectivity index (χ0n) is 14.5. The molecule has 1 aromatic heterocycles. The number of carbonyl (C=O) groups is 1. The molecule has 23 heavy (non-hydrogen) atoms. The minimum absolute atomic E-state index is 0.00818. The predicted molar refractivity (Wildman–Crippen MR) is 93.8 cm³/mol. The average molecular weight is 337 g/mol. The monoisotopic (exact) mass is 336 g/mol. The fourth-order valence-electron chi connectivity index (χ4n) is 3.67. The highest BCUT2D eigenvalue weighted by atomic mass is 32.1. The Morgan fingerprint density at radius 3 is 2.48 bits per heavy atom. The smallest absolute Gasteiger partial charge is 0.243 e. The third kappa shape index (κ3) is 3.91. The maximum Gasteiger partial charge on any atom is 0.243 e. The fraction of sp³-hybridized carbons (Fsp3) is 0.824. The molecule has 3 rings (SSSR count). The molecule has 1 N–H and O–H groups in total. The summed E-state index contributed by atoms with van der Waals surface area (Å²) in [6.45, 7) is 7.40. The molecule has 1 aliphatic heterocycles. The van der Waals surface area contributed by atoms with Crippen molar-refractivity contribution in [3.8, 4) is 0 Å². The first-order valence-corrected chi connectivity index (χ1v) is 9.67. The summed E-state index contributed by atoms with van der Waals surface area (Å²) < 4.78 is 0. The Hall–Kier alpha value is -1.01. The summed E-state index contributed by atoms with van der Waals surface area (Å²) in [5, 5.41) is 13.0. The highest BCUT2D eigenvalue weighted by Gasteiger charge is 2.35. The van der Waals surface area contributed by atoms with E-state index in [2.05, 4.69) is 41.2 Å². The van der Waals surface area contributed by atoms with Gasteiger partial charge in [0, 0.05) is 11.5 Å². The fourth-order valence-corrected chi connectivity index (χ4v) is 4.48. The third-order valence-corrected chi connectivity index (χ3v) is 6.20. The number of piperidine rings is 1. The second kappa shape index (κ2) is 6.85. The summed E-state index contributed by atoms with van der Waals surface area (Å²) >= 11 is 1.49. The molecule has 128 valence electrons.